The fraction of sp³-hybridized carbons (Fsp3) is 0.316. The van der Waals surface area contributed by atoms with Crippen molar-refractivity contribution in [2.45, 2.75) is 11.8 Å². The molecule has 0 spiro atoms. The maximum Gasteiger partial charge on any atom is 0.240 e. The minimum absolute atomic E-state index is 0.151. The van der Waals surface area contributed by atoms with Gasteiger partial charge in [-0.3, -0.25) is 4.79 Å². The maximum atomic E-state index is 12.3. The second-order valence-corrected chi connectivity index (χ2v) is 7.97. The normalized spacial score (nSPS) is 15.0. The molecule has 0 aliphatic carbocycles. The van der Waals surface area contributed by atoms with Gasteiger partial charge in [0.1, 0.15) is 0 Å². The molecular formula is C19H22N2O4S. The molecule has 0 bridgehead atoms. The van der Waals surface area contributed by atoms with E-state index in [2.05, 4.69) is 9.62 Å². The van der Waals surface area contributed by atoms with Crippen LogP contribution in [0, 0.1) is 6.92 Å². The molecule has 1 heterocycles. The van der Waals surface area contributed by atoms with Gasteiger partial charge in [0.05, 0.1) is 24.7 Å². The van der Waals surface area contributed by atoms with Gasteiger partial charge in [0.25, 0.3) is 0 Å². The van der Waals surface area contributed by atoms with Crippen molar-refractivity contribution in [1.29, 1.82) is 0 Å². The molecule has 0 radical (unpaired) electrons. The van der Waals surface area contributed by atoms with Crippen molar-refractivity contribution in [2.75, 3.05) is 37.7 Å². The third kappa shape index (κ3) is 4.49. The molecule has 3 rings (SSSR count). The van der Waals surface area contributed by atoms with Crippen LogP contribution in [0.1, 0.15) is 15.9 Å². The number of nitrogens with one attached hydrogen (secondary N) is 1. The molecule has 1 aliphatic heterocycles. The zero-order valence-electron chi connectivity index (χ0n) is 14.6. The number of aryl methyl sites for hydroxylation is 1. The first-order valence-corrected chi connectivity index (χ1v) is 9.96. The largest absolute Gasteiger partial charge is 0.378 e. The molecule has 0 saturated carbocycles. The van der Waals surface area contributed by atoms with Gasteiger partial charge in [0, 0.05) is 24.3 Å². The van der Waals surface area contributed by atoms with E-state index in [1.165, 1.54) is 12.1 Å². The SMILES string of the molecule is Cc1ccc(S(=O)(=O)NCC(=O)c2ccc(N3CCOCC3)cc2)cc1. The zero-order chi connectivity index (χ0) is 18.6. The Morgan fingerprint density at radius 3 is 2.27 bits per heavy atom. The summed E-state index contributed by atoms with van der Waals surface area (Å²) in [4.78, 5) is 14.6. The minimum Gasteiger partial charge on any atom is -0.378 e. The Hall–Kier alpha value is -2.22. The lowest BCUT2D eigenvalue weighted by atomic mass is 10.1. The number of anilines is 1. The van der Waals surface area contributed by atoms with Crippen LogP contribution in [-0.4, -0.2) is 47.0 Å². The second kappa shape index (κ2) is 7.99. The highest BCUT2D eigenvalue weighted by atomic mass is 32.2. The van der Waals surface area contributed by atoms with Crippen LogP contribution in [0.4, 0.5) is 5.69 Å². The monoisotopic (exact) mass is 374 g/mol. The van der Waals surface area contributed by atoms with Crippen molar-refractivity contribution in [3.8, 4) is 0 Å². The Morgan fingerprint density at radius 2 is 1.65 bits per heavy atom. The van der Waals surface area contributed by atoms with Crippen LogP contribution in [-0.2, 0) is 14.8 Å². The van der Waals surface area contributed by atoms with Crippen LogP contribution in [0.25, 0.3) is 0 Å². The van der Waals surface area contributed by atoms with Crippen LogP contribution >= 0.6 is 0 Å². The van der Waals surface area contributed by atoms with Crippen LogP contribution in [0.15, 0.2) is 53.4 Å². The molecule has 7 heteroatoms. The second-order valence-electron chi connectivity index (χ2n) is 6.21. The van der Waals surface area contributed by atoms with Crippen molar-refractivity contribution in [3.63, 3.8) is 0 Å². The summed E-state index contributed by atoms with van der Waals surface area (Å²) in [5.74, 6) is -0.269. The predicted molar refractivity (Wildman–Crippen MR) is 100 cm³/mol. The van der Waals surface area contributed by atoms with Gasteiger partial charge in [-0.15, -0.1) is 0 Å². The number of Topliss-reactive ketones (excluding diaryl/α,β-unsaturated/α-hetero) is 1. The zero-order valence-corrected chi connectivity index (χ0v) is 15.5. The molecule has 138 valence electrons. The van der Waals surface area contributed by atoms with Gasteiger partial charge in [-0.2, -0.15) is 0 Å². The van der Waals surface area contributed by atoms with E-state index in [0.29, 0.717) is 18.8 Å². The summed E-state index contributed by atoms with van der Waals surface area (Å²) in [5.41, 5.74) is 2.49. The highest BCUT2D eigenvalue weighted by molar-refractivity contribution is 7.89. The van der Waals surface area contributed by atoms with Gasteiger partial charge < -0.3 is 9.64 Å². The topological polar surface area (TPSA) is 75.7 Å². The highest BCUT2D eigenvalue weighted by Gasteiger charge is 2.17. The van der Waals surface area contributed by atoms with E-state index in [9.17, 15) is 13.2 Å². The molecule has 1 fully saturated rings. The van der Waals surface area contributed by atoms with Crippen LogP contribution in [0.3, 0.4) is 0 Å². The van der Waals surface area contributed by atoms with Crippen molar-refractivity contribution < 1.29 is 17.9 Å². The number of hydrogen-bond donors (Lipinski definition) is 1. The summed E-state index contributed by atoms with van der Waals surface area (Å²) in [6, 6.07) is 13.7. The van der Waals surface area contributed by atoms with Gasteiger partial charge in [-0.1, -0.05) is 17.7 Å². The number of ether oxygens (including phenoxy) is 1. The molecule has 0 unspecified atom stereocenters. The maximum absolute atomic E-state index is 12.3. The lowest BCUT2D eigenvalue weighted by Gasteiger charge is -2.28. The Morgan fingerprint density at radius 1 is 1.04 bits per heavy atom. The summed E-state index contributed by atoms with van der Waals surface area (Å²) in [5, 5.41) is 0. The first-order valence-electron chi connectivity index (χ1n) is 8.48. The van der Waals surface area contributed by atoms with E-state index in [1.54, 1.807) is 24.3 Å². The summed E-state index contributed by atoms with van der Waals surface area (Å²) in [7, 11) is -3.70. The van der Waals surface area contributed by atoms with Gasteiger partial charge in [-0.05, 0) is 43.3 Å². The molecule has 1 N–H and O–H groups in total. The van der Waals surface area contributed by atoms with Crippen molar-refractivity contribution in [3.05, 3.63) is 59.7 Å². The van der Waals surface area contributed by atoms with Crippen molar-refractivity contribution in [2.24, 2.45) is 0 Å². The number of nitrogens with zero attached hydrogens (tertiary/aromatic N) is 1. The van der Waals surface area contributed by atoms with E-state index in [4.69, 9.17) is 4.74 Å². The molecular weight excluding hydrogens is 352 g/mol. The molecule has 2 aromatic rings. The molecule has 0 aromatic heterocycles. The first-order chi connectivity index (χ1) is 12.5. The number of hydrogen-bond acceptors (Lipinski definition) is 5. The summed E-state index contributed by atoms with van der Waals surface area (Å²) >= 11 is 0. The van der Waals surface area contributed by atoms with Gasteiger partial charge >= 0.3 is 0 Å². The van der Waals surface area contributed by atoms with Gasteiger partial charge in [0.15, 0.2) is 5.78 Å². The first kappa shape index (κ1) is 18.6. The number of rotatable bonds is 6. The fourth-order valence-electron chi connectivity index (χ4n) is 2.74. The molecule has 6 nitrogen and oxygen atoms in total. The minimum atomic E-state index is -3.70. The average Bonchev–Trinajstić information content (AvgIpc) is 2.67. The molecule has 26 heavy (non-hydrogen) atoms. The van der Waals surface area contributed by atoms with Crippen molar-refractivity contribution >= 4 is 21.5 Å². The average molecular weight is 374 g/mol. The summed E-state index contributed by atoms with van der Waals surface area (Å²) in [6.45, 7) is 4.65. The number of benzene rings is 2. The number of morpholine rings is 1. The van der Waals surface area contributed by atoms with E-state index in [-0.39, 0.29) is 17.2 Å². The van der Waals surface area contributed by atoms with E-state index in [0.717, 1.165) is 24.3 Å². The van der Waals surface area contributed by atoms with E-state index < -0.39 is 10.0 Å². The lowest BCUT2D eigenvalue weighted by molar-refractivity contribution is 0.0997. The molecule has 1 aliphatic rings. The molecule has 1 saturated heterocycles. The van der Waals surface area contributed by atoms with Crippen LogP contribution < -0.4 is 9.62 Å². The van der Waals surface area contributed by atoms with Crippen molar-refractivity contribution in [1.82, 2.24) is 4.72 Å². The Kier molecular flexibility index (Phi) is 5.70. The molecule has 0 amide bonds. The smallest absolute Gasteiger partial charge is 0.240 e. The standard InChI is InChI=1S/C19H22N2O4S/c1-15-2-8-18(9-3-15)26(23,24)20-14-19(22)16-4-6-17(7-5-16)21-10-12-25-13-11-21/h2-9,20H,10-14H2,1H3. The fourth-order valence-corrected chi connectivity index (χ4v) is 3.73. The van der Waals surface area contributed by atoms with Crippen LogP contribution in [0.5, 0.6) is 0 Å². The van der Waals surface area contributed by atoms with Gasteiger partial charge in [0.2, 0.25) is 10.0 Å². The van der Waals surface area contributed by atoms with E-state index in [1.807, 2.05) is 19.1 Å². The highest BCUT2D eigenvalue weighted by Crippen LogP contribution is 2.17. The Labute approximate surface area is 153 Å². The summed E-state index contributed by atoms with van der Waals surface area (Å²) in [6.07, 6.45) is 0. The number of carbonyl (C=O) groups is 1. The quantitative estimate of drug-likeness (QED) is 0.783. The Bertz CT molecular complexity index is 855. The number of carbonyl (C=O) groups excluding carboxylic acids is 1. The number of sulfonamides is 1. The summed E-state index contributed by atoms with van der Waals surface area (Å²) < 4.78 is 32.2. The third-order valence-corrected chi connectivity index (χ3v) is 5.74. The van der Waals surface area contributed by atoms with E-state index >= 15 is 0 Å². The lowest BCUT2D eigenvalue weighted by Crippen LogP contribution is -2.36. The van der Waals surface area contributed by atoms with Crippen LogP contribution in [0.2, 0.25) is 0 Å². The Balaban J connectivity index is 1.61. The van der Waals surface area contributed by atoms with Gasteiger partial charge in [-0.25, -0.2) is 13.1 Å². The third-order valence-electron chi connectivity index (χ3n) is 4.32. The molecule has 2 aromatic carbocycles. The predicted octanol–water partition coefficient (Wildman–Crippen LogP) is 1.99. The number of ketones is 1. The molecule has 0 atom stereocenters.